The number of hydrogen-bond acceptors (Lipinski definition) is 2. The molecule has 0 spiro atoms. The van der Waals surface area contributed by atoms with Gasteiger partial charge < -0.3 is 4.43 Å². The molecule has 3 radical (unpaired) electrons. The van der Waals surface area contributed by atoms with Crippen molar-refractivity contribution < 1.29 is 4.43 Å². The molecule has 0 rings (SSSR count). The van der Waals surface area contributed by atoms with Crippen molar-refractivity contribution in [2.24, 2.45) is 0 Å². The van der Waals surface area contributed by atoms with Crippen LogP contribution in [0.4, 0.5) is 0 Å². The first kappa shape index (κ1) is 6.67. The largest absolute Gasteiger partial charge is 0.401 e. The Morgan fingerprint density at radius 3 is 2.14 bits per heavy atom. The molecule has 0 aromatic heterocycles. The average Bonchev–Trinajstić information content (AvgIpc) is 1.68. The van der Waals surface area contributed by atoms with Crippen LogP contribution < -0.4 is 0 Å². The van der Waals surface area contributed by atoms with E-state index in [4.69, 9.17) is 5.26 Å². The molecule has 2 nitrogen and oxygen atoms in total. The Balaban J connectivity index is 3.66. The highest BCUT2D eigenvalue weighted by atomic mass is 28.2. The van der Waals surface area contributed by atoms with Crippen LogP contribution in [0.15, 0.2) is 0 Å². The topological polar surface area (TPSA) is 33.0 Å². The quantitative estimate of drug-likeness (QED) is 0.460. The summed E-state index contributed by atoms with van der Waals surface area (Å²) in [4.78, 5) is 0. The Bertz CT molecular complexity index is 94.4. The highest BCUT2D eigenvalue weighted by molar-refractivity contribution is 5.98. The number of rotatable bonds is 1. The summed E-state index contributed by atoms with van der Waals surface area (Å²) in [6, 6.07) is 1.92. The molecule has 0 aliphatic rings. The SMILES string of the molecule is CC(C)(C#N)O[Si]. The van der Waals surface area contributed by atoms with Crippen molar-refractivity contribution in [2.75, 3.05) is 0 Å². The van der Waals surface area contributed by atoms with Crippen LogP contribution in [0, 0.1) is 11.3 Å². The Morgan fingerprint density at radius 1 is 1.71 bits per heavy atom. The summed E-state index contributed by atoms with van der Waals surface area (Å²) >= 11 is 0. The molecule has 0 amide bonds. The van der Waals surface area contributed by atoms with Crippen molar-refractivity contribution in [3.05, 3.63) is 0 Å². The fourth-order valence-corrected chi connectivity index (χ4v) is 0.0685. The van der Waals surface area contributed by atoms with E-state index in [1.54, 1.807) is 13.8 Å². The summed E-state index contributed by atoms with van der Waals surface area (Å²) < 4.78 is 4.53. The first-order valence-corrected chi connectivity index (χ1v) is 2.29. The van der Waals surface area contributed by atoms with Crippen molar-refractivity contribution in [3.63, 3.8) is 0 Å². The van der Waals surface area contributed by atoms with Gasteiger partial charge in [0.2, 0.25) is 10.5 Å². The van der Waals surface area contributed by atoms with Gasteiger partial charge >= 0.3 is 0 Å². The predicted octanol–water partition coefficient (Wildman–Crippen LogP) is 0.389. The van der Waals surface area contributed by atoms with E-state index in [0.717, 1.165) is 0 Å². The molecule has 0 heterocycles. The fraction of sp³-hybridized carbons (Fsp3) is 0.750. The highest BCUT2D eigenvalue weighted by Crippen LogP contribution is 2.01. The third-order valence-corrected chi connectivity index (χ3v) is 1.03. The van der Waals surface area contributed by atoms with Crippen molar-refractivity contribution in [1.29, 1.82) is 5.26 Å². The van der Waals surface area contributed by atoms with Gasteiger partial charge in [-0.05, 0) is 13.8 Å². The Morgan fingerprint density at radius 2 is 2.14 bits per heavy atom. The third-order valence-electron chi connectivity index (χ3n) is 0.524. The summed E-state index contributed by atoms with van der Waals surface area (Å²) in [5, 5.41) is 8.19. The summed E-state index contributed by atoms with van der Waals surface area (Å²) in [6.45, 7) is 3.33. The molecule has 0 unspecified atom stereocenters. The second-order valence-electron chi connectivity index (χ2n) is 1.72. The van der Waals surface area contributed by atoms with Gasteiger partial charge in [0.25, 0.3) is 0 Å². The number of nitriles is 1. The van der Waals surface area contributed by atoms with Crippen LogP contribution in [-0.4, -0.2) is 16.1 Å². The van der Waals surface area contributed by atoms with Crippen LogP contribution in [0.1, 0.15) is 13.8 Å². The first-order chi connectivity index (χ1) is 3.12. The molecule has 0 fully saturated rings. The molecular weight excluding hydrogens is 106 g/mol. The van der Waals surface area contributed by atoms with Gasteiger partial charge in [0.05, 0.1) is 6.07 Å². The summed E-state index contributed by atoms with van der Waals surface area (Å²) in [7, 11) is 2.75. The summed E-state index contributed by atoms with van der Waals surface area (Å²) in [6.07, 6.45) is 0. The minimum Gasteiger partial charge on any atom is -0.401 e. The standard InChI is InChI=1S/C4H6NOSi/c1-4(2,3-5)6-7/h1-2H3. The zero-order chi connectivity index (χ0) is 5.91. The Labute approximate surface area is 46.6 Å². The van der Waals surface area contributed by atoms with Crippen LogP contribution in [0.3, 0.4) is 0 Å². The van der Waals surface area contributed by atoms with Crippen molar-refractivity contribution in [2.45, 2.75) is 19.4 Å². The van der Waals surface area contributed by atoms with Crippen LogP contribution in [0.2, 0.25) is 0 Å². The van der Waals surface area contributed by atoms with E-state index >= 15 is 0 Å². The molecule has 0 bridgehead atoms. The maximum atomic E-state index is 8.19. The van der Waals surface area contributed by atoms with Crippen LogP contribution in [0.5, 0.6) is 0 Å². The van der Waals surface area contributed by atoms with Crippen LogP contribution in [-0.2, 0) is 4.43 Å². The minimum absolute atomic E-state index is 0.698. The molecule has 0 aromatic rings. The number of hydrogen-bond donors (Lipinski definition) is 0. The fourth-order valence-electron chi connectivity index (χ4n) is 0.0228. The van der Waals surface area contributed by atoms with Gasteiger partial charge in [0, 0.05) is 0 Å². The van der Waals surface area contributed by atoms with E-state index in [1.165, 1.54) is 0 Å². The highest BCUT2D eigenvalue weighted by Gasteiger charge is 2.12. The molecule has 3 heteroatoms. The lowest BCUT2D eigenvalue weighted by Gasteiger charge is -2.10. The van der Waals surface area contributed by atoms with E-state index in [2.05, 4.69) is 14.9 Å². The average molecular weight is 112 g/mol. The van der Waals surface area contributed by atoms with Gasteiger partial charge in [-0.25, -0.2) is 0 Å². The van der Waals surface area contributed by atoms with E-state index < -0.39 is 5.60 Å². The maximum absolute atomic E-state index is 8.19. The molecule has 7 heavy (non-hydrogen) atoms. The molecule has 0 aliphatic carbocycles. The zero-order valence-electron chi connectivity index (χ0n) is 4.36. The maximum Gasteiger partial charge on any atom is 0.248 e. The van der Waals surface area contributed by atoms with E-state index in [1.807, 2.05) is 6.07 Å². The Kier molecular flexibility index (Phi) is 2.00. The van der Waals surface area contributed by atoms with Crippen molar-refractivity contribution in [3.8, 4) is 6.07 Å². The summed E-state index contributed by atoms with van der Waals surface area (Å²) in [5.41, 5.74) is -0.698. The molecule has 0 aliphatic heterocycles. The normalized spacial score (nSPS) is 10.6. The molecule has 0 aromatic carbocycles. The van der Waals surface area contributed by atoms with Gasteiger partial charge in [-0.1, -0.05) is 0 Å². The molecule has 0 saturated carbocycles. The van der Waals surface area contributed by atoms with Gasteiger partial charge in [-0.3, -0.25) is 0 Å². The van der Waals surface area contributed by atoms with Crippen LogP contribution >= 0.6 is 0 Å². The second kappa shape index (κ2) is 2.10. The second-order valence-corrected chi connectivity index (χ2v) is 1.93. The van der Waals surface area contributed by atoms with Gasteiger partial charge in [-0.15, -0.1) is 0 Å². The van der Waals surface area contributed by atoms with Gasteiger partial charge in [-0.2, -0.15) is 5.26 Å². The van der Waals surface area contributed by atoms with Crippen molar-refractivity contribution >= 4 is 10.5 Å². The van der Waals surface area contributed by atoms with Crippen molar-refractivity contribution in [1.82, 2.24) is 0 Å². The van der Waals surface area contributed by atoms with E-state index in [9.17, 15) is 0 Å². The molecular formula is C4H6NOSi. The lowest BCUT2D eigenvalue weighted by atomic mass is 10.2. The summed E-state index contributed by atoms with van der Waals surface area (Å²) in [5.74, 6) is 0. The molecule has 0 atom stereocenters. The molecule has 37 valence electrons. The van der Waals surface area contributed by atoms with Gasteiger partial charge in [0.1, 0.15) is 5.60 Å². The van der Waals surface area contributed by atoms with Crippen LogP contribution in [0.25, 0.3) is 0 Å². The number of nitrogens with zero attached hydrogens (tertiary/aromatic N) is 1. The third kappa shape index (κ3) is 2.37. The lowest BCUT2D eigenvalue weighted by Crippen LogP contribution is -2.19. The van der Waals surface area contributed by atoms with E-state index in [0.29, 0.717) is 0 Å². The Hall–Kier alpha value is -0.333. The molecule has 0 saturated heterocycles. The zero-order valence-corrected chi connectivity index (χ0v) is 5.36. The van der Waals surface area contributed by atoms with E-state index in [-0.39, 0.29) is 0 Å². The van der Waals surface area contributed by atoms with Gasteiger partial charge in [0.15, 0.2) is 0 Å². The smallest absolute Gasteiger partial charge is 0.248 e. The molecule has 0 N–H and O–H groups in total. The monoisotopic (exact) mass is 112 g/mol. The predicted molar refractivity (Wildman–Crippen MR) is 26.5 cm³/mol. The lowest BCUT2D eigenvalue weighted by molar-refractivity contribution is 0.188. The minimum atomic E-state index is -0.698. The first-order valence-electron chi connectivity index (χ1n) is 1.88.